The van der Waals surface area contributed by atoms with Gasteiger partial charge in [-0.25, -0.2) is 0 Å². The highest BCUT2D eigenvalue weighted by molar-refractivity contribution is 5.80. The number of aliphatic imine (C=N–C) groups is 1. The molecule has 1 fully saturated rings. The highest BCUT2D eigenvalue weighted by atomic mass is 15.2. The molecule has 16 heavy (non-hydrogen) atoms. The van der Waals surface area contributed by atoms with E-state index in [1.807, 2.05) is 18.2 Å². The predicted octanol–water partition coefficient (Wildman–Crippen LogP) is 1.15. The Balaban J connectivity index is 1.79. The summed E-state index contributed by atoms with van der Waals surface area (Å²) in [6, 6.07) is 6.50. The number of nitrogens with one attached hydrogen (secondary N) is 2. The molecule has 2 atom stereocenters. The summed E-state index contributed by atoms with van der Waals surface area (Å²) in [4.78, 5) is 8.43. The van der Waals surface area contributed by atoms with Crippen molar-refractivity contribution in [3.8, 4) is 0 Å². The van der Waals surface area contributed by atoms with Crippen LogP contribution in [0.4, 0.5) is 0 Å². The Bertz CT molecular complexity index is 361. The highest BCUT2D eigenvalue weighted by Crippen LogP contribution is 2.28. The zero-order chi connectivity index (χ0) is 11.4. The highest BCUT2D eigenvalue weighted by Gasteiger charge is 2.33. The first-order valence-corrected chi connectivity index (χ1v) is 5.66. The summed E-state index contributed by atoms with van der Waals surface area (Å²) in [6.45, 7) is 2.95. The van der Waals surface area contributed by atoms with Crippen LogP contribution >= 0.6 is 0 Å². The molecule has 2 N–H and O–H groups in total. The normalized spacial score (nSPS) is 24.0. The van der Waals surface area contributed by atoms with E-state index in [1.165, 1.54) is 6.42 Å². The fraction of sp³-hybridized carbons (Fsp3) is 0.500. The van der Waals surface area contributed by atoms with Crippen LogP contribution in [-0.2, 0) is 6.54 Å². The number of pyridine rings is 1. The van der Waals surface area contributed by atoms with Crippen molar-refractivity contribution in [1.29, 1.82) is 0 Å². The molecule has 4 heteroatoms. The fourth-order valence-electron chi connectivity index (χ4n) is 1.57. The van der Waals surface area contributed by atoms with Crippen molar-refractivity contribution in [2.45, 2.75) is 25.9 Å². The minimum absolute atomic E-state index is 0.593. The maximum atomic E-state index is 4.25. The zero-order valence-corrected chi connectivity index (χ0v) is 9.77. The molecule has 86 valence electrons. The molecule has 1 aliphatic rings. The van der Waals surface area contributed by atoms with Crippen molar-refractivity contribution >= 4 is 5.96 Å². The predicted molar refractivity (Wildman–Crippen MR) is 65.1 cm³/mol. The van der Waals surface area contributed by atoms with Crippen molar-refractivity contribution in [2.75, 3.05) is 7.05 Å². The van der Waals surface area contributed by atoms with E-state index in [0.29, 0.717) is 12.6 Å². The molecule has 4 nitrogen and oxygen atoms in total. The number of hydrogen-bond acceptors (Lipinski definition) is 2. The topological polar surface area (TPSA) is 49.3 Å². The number of aromatic nitrogens is 1. The van der Waals surface area contributed by atoms with Crippen LogP contribution in [0, 0.1) is 5.92 Å². The van der Waals surface area contributed by atoms with E-state index >= 15 is 0 Å². The first-order chi connectivity index (χ1) is 7.79. The van der Waals surface area contributed by atoms with Gasteiger partial charge in [-0.1, -0.05) is 13.0 Å². The van der Waals surface area contributed by atoms with Gasteiger partial charge >= 0.3 is 0 Å². The lowest BCUT2D eigenvalue weighted by Gasteiger charge is -2.10. The van der Waals surface area contributed by atoms with E-state index < -0.39 is 0 Å². The van der Waals surface area contributed by atoms with Gasteiger partial charge in [0, 0.05) is 19.3 Å². The number of hydrogen-bond donors (Lipinski definition) is 2. The van der Waals surface area contributed by atoms with Crippen LogP contribution in [0.3, 0.4) is 0 Å². The summed E-state index contributed by atoms with van der Waals surface area (Å²) in [5.74, 6) is 1.63. The molecule has 0 amide bonds. The molecule has 0 saturated heterocycles. The second kappa shape index (κ2) is 4.96. The summed E-state index contributed by atoms with van der Waals surface area (Å²) < 4.78 is 0. The van der Waals surface area contributed by atoms with Crippen LogP contribution in [0.2, 0.25) is 0 Å². The third-order valence-corrected chi connectivity index (χ3v) is 2.82. The van der Waals surface area contributed by atoms with Crippen LogP contribution in [0.15, 0.2) is 29.4 Å². The molecular weight excluding hydrogens is 200 g/mol. The van der Waals surface area contributed by atoms with Gasteiger partial charge in [-0.05, 0) is 24.5 Å². The number of nitrogens with zero attached hydrogens (tertiary/aromatic N) is 2. The Morgan fingerprint density at radius 2 is 2.38 bits per heavy atom. The quantitative estimate of drug-likeness (QED) is 0.591. The van der Waals surface area contributed by atoms with Gasteiger partial charge in [0.15, 0.2) is 5.96 Å². The van der Waals surface area contributed by atoms with E-state index in [4.69, 9.17) is 0 Å². The van der Waals surface area contributed by atoms with Gasteiger partial charge < -0.3 is 10.6 Å². The zero-order valence-electron chi connectivity index (χ0n) is 9.77. The first-order valence-electron chi connectivity index (χ1n) is 5.66. The Hall–Kier alpha value is -1.58. The fourth-order valence-corrected chi connectivity index (χ4v) is 1.57. The SMILES string of the molecule is CN=C(NCc1ccccn1)NC1CC1C. The van der Waals surface area contributed by atoms with Crippen molar-refractivity contribution in [2.24, 2.45) is 10.9 Å². The van der Waals surface area contributed by atoms with Gasteiger partial charge in [-0.3, -0.25) is 9.98 Å². The average Bonchev–Trinajstić information content (AvgIpc) is 3.01. The summed E-state index contributed by atoms with van der Waals surface area (Å²) in [7, 11) is 1.79. The van der Waals surface area contributed by atoms with E-state index in [-0.39, 0.29) is 0 Å². The van der Waals surface area contributed by atoms with Gasteiger partial charge in [-0.2, -0.15) is 0 Å². The lowest BCUT2D eigenvalue weighted by Crippen LogP contribution is -2.38. The molecule has 0 aromatic carbocycles. The van der Waals surface area contributed by atoms with Gasteiger partial charge in [0.2, 0.25) is 0 Å². The van der Waals surface area contributed by atoms with Gasteiger partial charge in [0.25, 0.3) is 0 Å². The maximum absolute atomic E-state index is 4.25. The third kappa shape index (κ3) is 2.95. The van der Waals surface area contributed by atoms with Gasteiger partial charge in [-0.15, -0.1) is 0 Å². The molecule has 2 rings (SSSR count). The monoisotopic (exact) mass is 218 g/mol. The average molecular weight is 218 g/mol. The van der Waals surface area contributed by atoms with Crippen LogP contribution < -0.4 is 10.6 Å². The van der Waals surface area contributed by atoms with E-state index in [1.54, 1.807) is 13.2 Å². The summed E-state index contributed by atoms with van der Waals surface area (Å²) in [5.41, 5.74) is 1.02. The van der Waals surface area contributed by atoms with Crippen molar-refractivity contribution in [3.05, 3.63) is 30.1 Å². The largest absolute Gasteiger partial charge is 0.353 e. The lowest BCUT2D eigenvalue weighted by molar-refractivity contribution is 0.756. The van der Waals surface area contributed by atoms with Crippen molar-refractivity contribution < 1.29 is 0 Å². The van der Waals surface area contributed by atoms with Crippen molar-refractivity contribution in [3.63, 3.8) is 0 Å². The van der Waals surface area contributed by atoms with E-state index in [9.17, 15) is 0 Å². The summed E-state index contributed by atoms with van der Waals surface area (Å²) >= 11 is 0. The Kier molecular flexibility index (Phi) is 3.39. The Morgan fingerprint density at radius 1 is 1.56 bits per heavy atom. The molecular formula is C12H18N4. The summed E-state index contributed by atoms with van der Waals surface area (Å²) in [5, 5.41) is 6.63. The standard InChI is InChI=1S/C12H18N4/c1-9-7-11(9)16-12(13-2)15-8-10-5-3-4-6-14-10/h3-6,9,11H,7-8H2,1-2H3,(H2,13,15,16). The maximum Gasteiger partial charge on any atom is 0.191 e. The molecule has 0 aliphatic heterocycles. The van der Waals surface area contributed by atoms with E-state index in [2.05, 4.69) is 27.5 Å². The van der Waals surface area contributed by atoms with Gasteiger partial charge in [0.1, 0.15) is 0 Å². The molecule has 0 bridgehead atoms. The van der Waals surface area contributed by atoms with Crippen LogP contribution in [-0.4, -0.2) is 24.0 Å². The summed E-state index contributed by atoms with van der Waals surface area (Å²) in [6.07, 6.45) is 3.04. The van der Waals surface area contributed by atoms with Crippen LogP contribution in [0.5, 0.6) is 0 Å². The smallest absolute Gasteiger partial charge is 0.191 e. The molecule has 0 spiro atoms. The lowest BCUT2D eigenvalue weighted by atomic mass is 10.3. The number of guanidine groups is 1. The molecule has 2 unspecified atom stereocenters. The van der Waals surface area contributed by atoms with Gasteiger partial charge in [0.05, 0.1) is 12.2 Å². The minimum Gasteiger partial charge on any atom is -0.353 e. The Morgan fingerprint density at radius 3 is 2.94 bits per heavy atom. The van der Waals surface area contributed by atoms with Crippen LogP contribution in [0.1, 0.15) is 19.0 Å². The number of rotatable bonds is 3. The molecule has 0 radical (unpaired) electrons. The molecule has 1 aromatic rings. The van der Waals surface area contributed by atoms with Crippen molar-refractivity contribution in [1.82, 2.24) is 15.6 Å². The molecule has 1 saturated carbocycles. The molecule has 1 aliphatic carbocycles. The molecule has 1 heterocycles. The minimum atomic E-state index is 0.593. The molecule has 1 aromatic heterocycles. The third-order valence-electron chi connectivity index (χ3n) is 2.82. The second-order valence-corrected chi connectivity index (χ2v) is 4.21. The Labute approximate surface area is 96.2 Å². The van der Waals surface area contributed by atoms with E-state index in [0.717, 1.165) is 17.6 Å². The van der Waals surface area contributed by atoms with Crippen LogP contribution in [0.25, 0.3) is 0 Å². The first kappa shape index (κ1) is 10.9. The second-order valence-electron chi connectivity index (χ2n) is 4.21.